The number of aliphatic carboxylic acids is 1. The van der Waals surface area contributed by atoms with Gasteiger partial charge in [-0.1, -0.05) is 41.5 Å². The molecule has 62 heavy (non-hydrogen) atoms. The number of amides is 10. The van der Waals surface area contributed by atoms with Crippen molar-refractivity contribution in [2.24, 2.45) is 23.5 Å². The smallest absolute Gasteiger partial charge is 0.327 e. The molecule has 0 rings (SSSR count). The fourth-order valence-corrected chi connectivity index (χ4v) is 5.55. The summed E-state index contributed by atoms with van der Waals surface area (Å²) in [6, 6.07) is -7.76. The SMILES string of the molecule is CC(C)C[C@H](NC(=O)[C@@H](NC(=O)CNC(=O)[C@H](C)NC(=O)CNC(=O)CNC(=O)[C@H](C)NC(=O)CNC(=O)[C@H](CC(C)C)NC(=O)[C@@H](N)CS)C(C)C)C(=O)N[C@@H](CS)C(=O)O. The summed E-state index contributed by atoms with van der Waals surface area (Å²) in [6.07, 6.45) is 0.434. The number of thiol groups is 2. The van der Waals surface area contributed by atoms with Crippen LogP contribution < -0.4 is 58.9 Å². The van der Waals surface area contributed by atoms with Crippen LogP contribution in [-0.2, 0) is 52.7 Å². The lowest BCUT2D eigenvalue weighted by Gasteiger charge is -2.27. The van der Waals surface area contributed by atoms with Crippen LogP contribution in [0.3, 0.4) is 0 Å². The molecule has 0 heterocycles. The number of carbonyl (C=O) groups is 11. The molecule has 0 aliphatic carbocycles. The Morgan fingerprint density at radius 3 is 1.26 bits per heavy atom. The molecule has 13 N–H and O–H groups in total. The average molecular weight is 920 g/mol. The van der Waals surface area contributed by atoms with Gasteiger partial charge in [0.2, 0.25) is 59.1 Å². The Hall–Kier alpha value is -5.17. The Morgan fingerprint density at radius 1 is 0.452 bits per heavy atom. The summed E-state index contributed by atoms with van der Waals surface area (Å²) in [5, 5.41) is 33.1. The summed E-state index contributed by atoms with van der Waals surface area (Å²) in [7, 11) is 0. The van der Waals surface area contributed by atoms with Crippen LogP contribution in [0.25, 0.3) is 0 Å². The number of carboxylic acid groups (broad SMARTS) is 1. The minimum atomic E-state index is -1.30. The first kappa shape index (κ1) is 56.8. The predicted molar refractivity (Wildman–Crippen MR) is 232 cm³/mol. The molecule has 0 bridgehead atoms. The van der Waals surface area contributed by atoms with Crippen LogP contribution in [0.2, 0.25) is 0 Å². The highest BCUT2D eigenvalue weighted by atomic mass is 32.1. The first-order valence-corrected chi connectivity index (χ1v) is 21.2. The van der Waals surface area contributed by atoms with Crippen molar-refractivity contribution in [3.8, 4) is 0 Å². The summed E-state index contributed by atoms with van der Waals surface area (Å²) < 4.78 is 0. The Labute approximate surface area is 372 Å². The van der Waals surface area contributed by atoms with Crippen molar-refractivity contribution in [3.63, 3.8) is 0 Å². The Kier molecular flexibility index (Phi) is 26.8. The highest BCUT2D eigenvalue weighted by Gasteiger charge is 2.31. The van der Waals surface area contributed by atoms with Gasteiger partial charge in [-0.25, -0.2) is 4.79 Å². The number of nitrogens with one attached hydrogen (secondary N) is 10. The fourth-order valence-electron chi connectivity index (χ4n) is 5.14. The first-order chi connectivity index (χ1) is 28.8. The molecule has 0 fully saturated rings. The predicted octanol–water partition coefficient (Wildman–Crippen LogP) is -4.58. The lowest BCUT2D eigenvalue weighted by atomic mass is 9.99. The van der Waals surface area contributed by atoms with Crippen molar-refractivity contribution >= 4 is 90.3 Å². The van der Waals surface area contributed by atoms with E-state index in [4.69, 9.17) is 5.73 Å². The van der Waals surface area contributed by atoms with Gasteiger partial charge < -0.3 is 64.0 Å². The highest BCUT2D eigenvalue weighted by Crippen LogP contribution is 2.09. The summed E-state index contributed by atoms with van der Waals surface area (Å²) in [5.74, 6) is -9.24. The maximum atomic E-state index is 13.2. The van der Waals surface area contributed by atoms with Crippen LogP contribution in [0.4, 0.5) is 0 Å². The van der Waals surface area contributed by atoms with E-state index in [9.17, 15) is 57.8 Å². The molecule has 10 amide bonds. The average Bonchev–Trinajstić information content (AvgIpc) is 3.19. The van der Waals surface area contributed by atoms with Crippen LogP contribution in [0, 0.1) is 17.8 Å². The molecule has 0 aliphatic heterocycles. The van der Waals surface area contributed by atoms with Gasteiger partial charge in [-0.15, -0.1) is 0 Å². The van der Waals surface area contributed by atoms with Crippen LogP contribution in [-0.4, -0.2) is 150 Å². The number of hydrogen-bond acceptors (Lipinski definition) is 14. The normalized spacial score (nSPS) is 14.4. The molecule has 0 saturated carbocycles. The largest absolute Gasteiger partial charge is 0.480 e. The summed E-state index contributed by atoms with van der Waals surface area (Å²) in [6.45, 7) is 10.9. The van der Waals surface area contributed by atoms with Gasteiger partial charge in [0.1, 0.15) is 36.3 Å². The van der Waals surface area contributed by atoms with E-state index in [1.807, 2.05) is 13.8 Å². The maximum Gasteiger partial charge on any atom is 0.327 e. The zero-order chi connectivity index (χ0) is 47.9. The molecular weight excluding hydrogens is 855 g/mol. The third-order valence-corrected chi connectivity index (χ3v) is 9.29. The topological polar surface area (TPSA) is 354 Å². The van der Waals surface area contributed by atoms with Gasteiger partial charge in [0, 0.05) is 11.5 Å². The summed E-state index contributed by atoms with van der Waals surface area (Å²) >= 11 is 7.90. The van der Waals surface area contributed by atoms with E-state index in [1.165, 1.54) is 13.8 Å². The zero-order valence-corrected chi connectivity index (χ0v) is 38.1. The van der Waals surface area contributed by atoms with E-state index in [0.29, 0.717) is 0 Å². The number of nitrogens with two attached hydrogens (primary N) is 1. The molecule has 352 valence electrons. The minimum absolute atomic E-state index is 0.0157. The fraction of sp³-hybridized carbons (Fsp3) is 0.703. The second-order valence-corrected chi connectivity index (χ2v) is 16.3. The second-order valence-electron chi connectivity index (χ2n) is 15.6. The van der Waals surface area contributed by atoms with Crippen molar-refractivity contribution in [1.82, 2.24) is 53.2 Å². The Morgan fingerprint density at radius 2 is 0.839 bits per heavy atom. The standard InChI is InChI=1S/C37H65N11O12S2/c1-17(2)9-23(45-33(55)22(38)15-61)34(56)42-13-28(51)44-20(7)31(53)40-11-26(49)39-12-27(50)43-21(8)32(54)41-14-29(52)48-30(19(5)6)36(58)46-24(10-18(3)4)35(57)47-25(16-62)37(59)60/h17-25,30,61-62H,9-16,38H2,1-8H3,(H,39,49)(H,40,53)(H,41,54)(H,42,56)(H,43,50)(H,44,51)(H,45,55)(H,46,58)(H,47,57)(H,48,52)(H,59,60)/t20-,21-,22-,23-,24-,25-,30-/m0/s1. The second kappa shape index (κ2) is 29.2. The maximum absolute atomic E-state index is 13.2. The summed E-state index contributed by atoms with van der Waals surface area (Å²) in [5.41, 5.74) is 5.66. The molecule has 0 aliphatic rings. The Balaban J connectivity index is 4.87. The van der Waals surface area contributed by atoms with Crippen LogP contribution in [0.5, 0.6) is 0 Å². The zero-order valence-electron chi connectivity index (χ0n) is 36.3. The van der Waals surface area contributed by atoms with Crippen LogP contribution in [0.1, 0.15) is 68.2 Å². The van der Waals surface area contributed by atoms with E-state index >= 15 is 0 Å². The highest BCUT2D eigenvalue weighted by molar-refractivity contribution is 7.80. The number of carbonyl (C=O) groups excluding carboxylic acids is 10. The van der Waals surface area contributed by atoms with Gasteiger partial charge >= 0.3 is 5.97 Å². The van der Waals surface area contributed by atoms with Crippen molar-refractivity contribution in [2.75, 3.05) is 37.7 Å². The third kappa shape index (κ3) is 23.2. The third-order valence-electron chi connectivity index (χ3n) is 8.53. The molecule has 0 radical (unpaired) electrons. The van der Waals surface area contributed by atoms with Crippen molar-refractivity contribution in [3.05, 3.63) is 0 Å². The lowest BCUT2D eigenvalue weighted by molar-refractivity contribution is -0.141. The van der Waals surface area contributed by atoms with Gasteiger partial charge in [0.05, 0.1) is 32.2 Å². The van der Waals surface area contributed by atoms with Crippen molar-refractivity contribution in [1.29, 1.82) is 0 Å². The molecule has 0 saturated heterocycles. The molecule has 7 atom stereocenters. The molecule has 0 unspecified atom stereocenters. The Bertz CT molecular complexity index is 1600. The van der Waals surface area contributed by atoms with Gasteiger partial charge in [-0.05, 0) is 44.4 Å². The van der Waals surface area contributed by atoms with E-state index < -0.39 is 139 Å². The molecule has 0 aromatic carbocycles. The number of carboxylic acids is 1. The monoisotopic (exact) mass is 919 g/mol. The van der Waals surface area contributed by atoms with Crippen molar-refractivity contribution in [2.45, 2.75) is 111 Å². The van der Waals surface area contributed by atoms with E-state index in [-0.39, 0.29) is 36.2 Å². The molecule has 23 nitrogen and oxygen atoms in total. The van der Waals surface area contributed by atoms with Gasteiger partial charge in [0.15, 0.2) is 0 Å². The molecule has 0 aromatic rings. The number of hydrogen-bond donors (Lipinski definition) is 14. The van der Waals surface area contributed by atoms with E-state index in [1.54, 1.807) is 27.7 Å². The minimum Gasteiger partial charge on any atom is -0.480 e. The van der Waals surface area contributed by atoms with E-state index in [2.05, 4.69) is 78.4 Å². The molecule has 0 spiro atoms. The first-order valence-electron chi connectivity index (χ1n) is 19.9. The quantitative estimate of drug-likeness (QED) is 0.0329. The molecule has 0 aromatic heterocycles. The molecular formula is C37H65N11O12S2. The van der Waals surface area contributed by atoms with E-state index in [0.717, 1.165) is 0 Å². The lowest BCUT2D eigenvalue weighted by Crippen LogP contribution is -2.58. The van der Waals surface area contributed by atoms with Gasteiger partial charge in [-0.3, -0.25) is 47.9 Å². The molecule has 25 heteroatoms. The number of rotatable bonds is 28. The van der Waals surface area contributed by atoms with Crippen LogP contribution in [0.15, 0.2) is 0 Å². The van der Waals surface area contributed by atoms with Gasteiger partial charge in [0.25, 0.3) is 0 Å². The summed E-state index contributed by atoms with van der Waals surface area (Å²) in [4.78, 5) is 137. The van der Waals surface area contributed by atoms with Crippen molar-refractivity contribution < 1.29 is 57.8 Å². The van der Waals surface area contributed by atoms with Gasteiger partial charge in [-0.2, -0.15) is 25.3 Å². The van der Waals surface area contributed by atoms with Crippen LogP contribution >= 0.6 is 25.3 Å².